The molecule has 3 N–H and O–H groups in total. The van der Waals surface area contributed by atoms with Crippen LogP contribution in [0.25, 0.3) is 0 Å². The number of nitrogens with two attached hydrogens (primary N) is 1. The van der Waals surface area contributed by atoms with Crippen molar-refractivity contribution in [3.05, 3.63) is 12.4 Å². The van der Waals surface area contributed by atoms with Crippen LogP contribution in [0, 0.1) is 0 Å². The lowest BCUT2D eigenvalue weighted by Gasteiger charge is -2.11. The number of nitrogens with zero attached hydrogens (tertiary/aromatic N) is 3. The number of imide groups is 1. The van der Waals surface area contributed by atoms with E-state index in [0.29, 0.717) is 11.6 Å². The number of anilines is 2. The third-order valence-corrected chi connectivity index (χ3v) is 2.39. The minimum Gasteiger partial charge on any atom is -0.384 e. The van der Waals surface area contributed by atoms with Gasteiger partial charge in [-0.05, 0) is 0 Å². The summed E-state index contributed by atoms with van der Waals surface area (Å²) in [4.78, 5) is 31.6. The maximum Gasteiger partial charge on any atom is 0.251 e. The predicted molar refractivity (Wildman–Crippen MR) is 56.2 cm³/mol. The number of amides is 2. The second-order valence-electron chi connectivity index (χ2n) is 3.52. The molecule has 1 aliphatic heterocycles. The van der Waals surface area contributed by atoms with Crippen LogP contribution in [0.2, 0.25) is 0 Å². The summed E-state index contributed by atoms with van der Waals surface area (Å²) in [6, 6.07) is 0.947. The Kier molecular flexibility index (Phi) is 2.43. The number of likely N-dealkylation sites (N-methyl/N-ethyl adjacent to an activating group) is 1. The molecule has 0 saturated carbocycles. The highest BCUT2D eigenvalue weighted by Crippen LogP contribution is 2.15. The van der Waals surface area contributed by atoms with Crippen LogP contribution in [-0.4, -0.2) is 39.8 Å². The molecule has 0 bridgehead atoms. The van der Waals surface area contributed by atoms with Crippen molar-refractivity contribution in [3.63, 3.8) is 0 Å². The standard InChI is InChI=1S/C9H11N5O2/c1-14-8(15)2-5(9(14)16)13-7-3-6(10)11-4-12-7/h3-5H,2H2,1H3,(H3,10,11,12,13). The number of hydrogen-bond acceptors (Lipinski definition) is 6. The summed E-state index contributed by atoms with van der Waals surface area (Å²) >= 11 is 0. The fourth-order valence-corrected chi connectivity index (χ4v) is 1.50. The zero-order chi connectivity index (χ0) is 11.7. The molecule has 1 atom stereocenters. The molecule has 2 amide bonds. The molecule has 1 aliphatic rings. The van der Waals surface area contributed by atoms with Crippen LogP contribution in [0.1, 0.15) is 6.42 Å². The molecule has 2 heterocycles. The topological polar surface area (TPSA) is 101 Å². The average Bonchev–Trinajstić information content (AvgIpc) is 2.47. The molecule has 1 fully saturated rings. The fraction of sp³-hybridized carbons (Fsp3) is 0.333. The maximum atomic E-state index is 11.6. The van der Waals surface area contributed by atoms with E-state index in [1.165, 1.54) is 19.4 Å². The van der Waals surface area contributed by atoms with Gasteiger partial charge in [0.15, 0.2) is 0 Å². The number of rotatable bonds is 2. The molecule has 1 aromatic rings. The fourth-order valence-electron chi connectivity index (χ4n) is 1.50. The van der Waals surface area contributed by atoms with Crippen molar-refractivity contribution in [3.8, 4) is 0 Å². The Hall–Kier alpha value is -2.18. The van der Waals surface area contributed by atoms with Gasteiger partial charge >= 0.3 is 0 Å². The molecule has 84 valence electrons. The van der Waals surface area contributed by atoms with Crippen LogP contribution in [-0.2, 0) is 9.59 Å². The van der Waals surface area contributed by atoms with E-state index in [2.05, 4.69) is 15.3 Å². The van der Waals surface area contributed by atoms with Crippen molar-refractivity contribution >= 4 is 23.5 Å². The molecule has 2 rings (SSSR count). The second-order valence-corrected chi connectivity index (χ2v) is 3.52. The minimum absolute atomic E-state index is 0.138. The van der Waals surface area contributed by atoms with Gasteiger partial charge < -0.3 is 11.1 Å². The Morgan fingerprint density at radius 2 is 2.25 bits per heavy atom. The number of hydrogen-bond donors (Lipinski definition) is 2. The van der Waals surface area contributed by atoms with Gasteiger partial charge in [-0.1, -0.05) is 0 Å². The molecular weight excluding hydrogens is 210 g/mol. The van der Waals surface area contributed by atoms with Crippen molar-refractivity contribution < 1.29 is 9.59 Å². The van der Waals surface area contributed by atoms with Crippen LogP contribution in [0.4, 0.5) is 11.6 Å². The van der Waals surface area contributed by atoms with Crippen molar-refractivity contribution in [1.29, 1.82) is 0 Å². The highest BCUT2D eigenvalue weighted by molar-refractivity contribution is 6.06. The van der Waals surface area contributed by atoms with E-state index in [1.54, 1.807) is 0 Å². The van der Waals surface area contributed by atoms with Crippen molar-refractivity contribution in [1.82, 2.24) is 14.9 Å². The summed E-state index contributed by atoms with van der Waals surface area (Å²) in [6.07, 6.45) is 1.43. The molecule has 0 aromatic carbocycles. The van der Waals surface area contributed by atoms with E-state index in [0.717, 1.165) is 4.90 Å². The summed E-state index contributed by atoms with van der Waals surface area (Å²) in [5.74, 6) is 0.281. The lowest BCUT2D eigenvalue weighted by molar-refractivity contribution is -0.136. The molecule has 7 nitrogen and oxygen atoms in total. The van der Waals surface area contributed by atoms with Crippen molar-refractivity contribution in [2.45, 2.75) is 12.5 Å². The van der Waals surface area contributed by atoms with Gasteiger partial charge in [-0.15, -0.1) is 0 Å². The summed E-state index contributed by atoms with van der Waals surface area (Å²) in [5.41, 5.74) is 5.47. The van der Waals surface area contributed by atoms with E-state index in [-0.39, 0.29) is 18.2 Å². The van der Waals surface area contributed by atoms with Gasteiger partial charge in [0.05, 0.1) is 6.42 Å². The number of aromatic nitrogens is 2. The Morgan fingerprint density at radius 1 is 1.50 bits per heavy atom. The Labute approximate surface area is 91.7 Å². The first kappa shape index (κ1) is 10.3. The smallest absolute Gasteiger partial charge is 0.251 e. The van der Waals surface area contributed by atoms with Gasteiger partial charge in [-0.25, -0.2) is 9.97 Å². The van der Waals surface area contributed by atoms with Crippen LogP contribution < -0.4 is 11.1 Å². The molecule has 7 heteroatoms. The van der Waals surface area contributed by atoms with E-state index in [4.69, 9.17) is 5.73 Å². The maximum absolute atomic E-state index is 11.6. The van der Waals surface area contributed by atoms with Crippen LogP contribution in [0.5, 0.6) is 0 Å². The molecule has 16 heavy (non-hydrogen) atoms. The third kappa shape index (κ3) is 1.79. The van der Waals surface area contributed by atoms with Crippen molar-refractivity contribution in [2.75, 3.05) is 18.1 Å². The first-order valence-corrected chi connectivity index (χ1v) is 4.72. The van der Waals surface area contributed by atoms with Crippen molar-refractivity contribution in [2.24, 2.45) is 0 Å². The molecule has 0 aliphatic carbocycles. The number of carbonyl (C=O) groups is 2. The minimum atomic E-state index is -0.563. The number of likely N-dealkylation sites (tertiary alicyclic amines) is 1. The van der Waals surface area contributed by atoms with Gasteiger partial charge in [-0.2, -0.15) is 0 Å². The molecular formula is C9H11N5O2. The highest BCUT2D eigenvalue weighted by Gasteiger charge is 2.36. The molecule has 0 spiro atoms. The van der Waals surface area contributed by atoms with Gasteiger partial charge in [0, 0.05) is 13.1 Å². The van der Waals surface area contributed by atoms with Gasteiger partial charge in [0.1, 0.15) is 24.0 Å². The van der Waals surface area contributed by atoms with Gasteiger partial charge in [-0.3, -0.25) is 14.5 Å². The Bertz CT molecular complexity index is 447. The first-order chi connectivity index (χ1) is 7.58. The summed E-state index contributed by atoms with van der Waals surface area (Å²) in [7, 11) is 1.46. The van der Waals surface area contributed by atoms with E-state index in [1.807, 2.05) is 0 Å². The lowest BCUT2D eigenvalue weighted by atomic mass is 10.2. The quantitative estimate of drug-likeness (QED) is 0.636. The highest BCUT2D eigenvalue weighted by atomic mass is 16.2. The Balaban J connectivity index is 2.12. The normalized spacial score (nSPS) is 20.3. The zero-order valence-corrected chi connectivity index (χ0v) is 8.67. The SMILES string of the molecule is CN1C(=O)CC(Nc2cc(N)ncn2)C1=O. The van der Waals surface area contributed by atoms with Gasteiger partial charge in [0.25, 0.3) is 5.91 Å². The average molecular weight is 221 g/mol. The molecule has 0 radical (unpaired) electrons. The largest absolute Gasteiger partial charge is 0.384 e. The first-order valence-electron chi connectivity index (χ1n) is 4.72. The molecule has 1 aromatic heterocycles. The predicted octanol–water partition coefficient (Wildman–Crippen LogP) is -0.772. The second kappa shape index (κ2) is 3.76. The van der Waals surface area contributed by atoms with Gasteiger partial charge in [0.2, 0.25) is 5.91 Å². The summed E-state index contributed by atoms with van der Waals surface area (Å²) < 4.78 is 0. The monoisotopic (exact) mass is 221 g/mol. The number of nitrogen functional groups attached to an aromatic ring is 1. The number of nitrogens with one attached hydrogen (secondary N) is 1. The van der Waals surface area contributed by atoms with E-state index >= 15 is 0 Å². The Morgan fingerprint density at radius 3 is 2.81 bits per heavy atom. The van der Waals surface area contributed by atoms with Crippen LogP contribution >= 0.6 is 0 Å². The third-order valence-electron chi connectivity index (χ3n) is 2.39. The zero-order valence-electron chi connectivity index (χ0n) is 8.67. The van der Waals surface area contributed by atoms with Crippen LogP contribution in [0.15, 0.2) is 12.4 Å². The van der Waals surface area contributed by atoms with Crippen LogP contribution in [0.3, 0.4) is 0 Å². The summed E-state index contributed by atoms with van der Waals surface area (Å²) in [5, 5.41) is 2.85. The lowest BCUT2D eigenvalue weighted by Crippen LogP contribution is -2.32. The molecule has 1 unspecified atom stereocenters. The van der Waals surface area contributed by atoms with E-state index < -0.39 is 6.04 Å². The van der Waals surface area contributed by atoms with E-state index in [9.17, 15) is 9.59 Å². The number of carbonyl (C=O) groups excluding carboxylic acids is 2. The molecule has 1 saturated heterocycles. The summed E-state index contributed by atoms with van der Waals surface area (Å²) in [6.45, 7) is 0.